The first kappa shape index (κ1) is 16.4. The van der Waals surface area contributed by atoms with E-state index in [0.717, 1.165) is 0 Å². The number of para-hydroxylation sites is 1. The summed E-state index contributed by atoms with van der Waals surface area (Å²) < 4.78 is 18.3. The molecule has 6 nitrogen and oxygen atoms in total. The van der Waals surface area contributed by atoms with Gasteiger partial charge in [-0.2, -0.15) is 0 Å². The molecular weight excluding hydrogens is 269 g/mol. The number of aliphatic hydroxyl groups excluding tert-OH is 3. The smallest absolute Gasteiger partial charge is 0.224 e. The minimum Gasteiger partial charge on any atom is -0.490 e. The van der Waals surface area contributed by atoms with Gasteiger partial charge in [0.2, 0.25) is 5.91 Å². The number of ether oxygens (including phenoxy) is 1. The molecule has 0 saturated heterocycles. The van der Waals surface area contributed by atoms with E-state index in [1.54, 1.807) is 6.07 Å². The maximum absolute atomic E-state index is 13.2. The van der Waals surface area contributed by atoms with Crippen LogP contribution >= 0.6 is 0 Å². The molecule has 0 atom stereocenters. The molecule has 1 aromatic rings. The summed E-state index contributed by atoms with van der Waals surface area (Å²) >= 11 is 0. The van der Waals surface area contributed by atoms with E-state index < -0.39 is 37.1 Å². The molecule has 0 aliphatic rings. The van der Waals surface area contributed by atoms with E-state index in [2.05, 4.69) is 5.32 Å². The van der Waals surface area contributed by atoms with Crippen molar-refractivity contribution in [2.24, 2.45) is 0 Å². The highest BCUT2D eigenvalue weighted by Crippen LogP contribution is 2.15. The monoisotopic (exact) mass is 287 g/mol. The van der Waals surface area contributed by atoms with Gasteiger partial charge in [0.25, 0.3) is 0 Å². The highest BCUT2D eigenvalue weighted by Gasteiger charge is 2.29. The Balaban J connectivity index is 2.42. The van der Waals surface area contributed by atoms with E-state index in [1.807, 2.05) is 0 Å². The Labute approximate surface area is 115 Å². The average Bonchev–Trinajstić information content (AvgIpc) is 2.47. The van der Waals surface area contributed by atoms with Crippen LogP contribution in [0.4, 0.5) is 4.39 Å². The van der Waals surface area contributed by atoms with Crippen LogP contribution in [0, 0.1) is 5.82 Å². The van der Waals surface area contributed by atoms with Crippen molar-refractivity contribution in [1.29, 1.82) is 0 Å². The zero-order valence-electron chi connectivity index (χ0n) is 10.9. The van der Waals surface area contributed by atoms with Crippen molar-refractivity contribution in [3.63, 3.8) is 0 Å². The first-order valence-electron chi connectivity index (χ1n) is 6.08. The van der Waals surface area contributed by atoms with Gasteiger partial charge in [-0.1, -0.05) is 12.1 Å². The van der Waals surface area contributed by atoms with Crippen molar-refractivity contribution in [3.8, 4) is 5.75 Å². The van der Waals surface area contributed by atoms with E-state index in [0.29, 0.717) is 0 Å². The summed E-state index contributed by atoms with van der Waals surface area (Å²) in [6.07, 6.45) is -0.101. The minimum absolute atomic E-state index is 0.0398. The minimum atomic E-state index is -1.46. The fraction of sp³-hybridized carbons (Fsp3) is 0.462. The maximum Gasteiger partial charge on any atom is 0.224 e. The molecule has 0 unspecified atom stereocenters. The Bertz CT molecular complexity index is 428. The fourth-order valence-electron chi connectivity index (χ4n) is 1.44. The first-order chi connectivity index (χ1) is 9.56. The molecule has 1 aromatic carbocycles. The highest BCUT2D eigenvalue weighted by atomic mass is 19.1. The van der Waals surface area contributed by atoms with Crippen LogP contribution in [0.3, 0.4) is 0 Å². The molecule has 0 radical (unpaired) electrons. The van der Waals surface area contributed by atoms with Crippen LogP contribution in [0.15, 0.2) is 24.3 Å². The lowest BCUT2D eigenvalue weighted by Gasteiger charge is -2.28. The van der Waals surface area contributed by atoms with Crippen molar-refractivity contribution in [1.82, 2.24) is 5.32 Å². The van der Waals surface area contributed by atoms with Gasteiger partial charge in [0.05, 0.1) is 32.8 Å². The number of carbonyl (C=O) groups excluding carboxylic acids is 1. The molecule has 4 N–H and O–H groups in total. The number of carbonyl (C=O) groups is 1. The summed E-state index contributed by atoms with van der Waals surface area (Å²) in [4.78, 5) is 11.6. The van der Waals surface area contributed by atoms with E-state index in [9.17, 15) is 9.18 Å². The van der Waals surface area contributed by atoms with Crippen molar-refractivity contribution in [3.05, 3.63) is 30.1 Å². The Morgan fingerprint density at radius 3 is 2.35 bits per heavy atom. The number of benzene rings is 1. The van der Waals surface area contributed by atoms with E-state index in [-0.39, 0.29) is 18.8 Å². The van der Waals surface area contributed by atoms with Crippen LogP contribution in [0.1, 0.15) is 6.42 Å². The Morgan fingerprint density at radius 2 is 1.80 bits per heavy atom. The molecule has 7 heteroatoms. The predicted molar refractivity (Wildman–Crippen MR) is 68.6 cm³/mol. The van der Waals surface area contributed by atoms with Gasteiger partial charge in [-0.3, -0.25) is 4.79 Å². The standard InChI is InChI=1S/C13H18FNO5/c14-10-3-1-2-4-11(10)20-6-5-12(19)15-13(7-16,8-17)9-18/h1-4,16-18H,5-9H2,(H,15,19). The summed E-state index contributed by atoms with van der Waals surface area (Å²) in [5.74, 6) is -1.01. The molecule has 112 valence electrons. The Morgan fingerprint density at radius 1 is 1.20 bits per heavy atom. The van der Waals surface area contributed by atoms with Crippen molar-refractivity contribution < 1.29 is 29.2 Å². The number of amides is 1. The second kappa shape index (κ2) is 7.78. The molecule has 1 amide bonds. The summed E-state index contributed by atoms with van der Waals surface area (Å²) in [5.41, 5.74) is -1.46. The topological polar surface area (TPSA) is 99.0 Å². The lowest BCUT2D eigenvalue weighted by atomic mass is 10.0. The number of halogens is 1. The van der Waals surface area contributed by atoms with Gasteiger partial charge < -0.3 is 25.4 Å². The second-order valence-corrected chi connectivity index (χ2v) is 4.33. The number of hydrogen-bond acceptors (Lipinski definition) is 5. The van der Waals surface area contributed by atoms with Crippen LogP contribution in [-0.4, -0.2) is 53.2 Å². The third-order valence-corrected chi connectivity index (χ3v) is 2.74. The third kappa shape index (κ3) is 4.44. The highest BCUT2D eigenvalue weighted by molar-refractivity contribution is 5.77. The van der Waals surface area contributed by atoms with Crippen LogP contribution in [-0.2, 0) is 4.79 Å². The molecular formula is C13H18FNO5. The molecule has 0 saturated carbocycles. The largest absolute Gasteiger partial charge is 0.490 e. The number of rotatable bonds is 8. The van der Waals surface area contributed by atoms with Crippen molar-refractivity contribution in [2.45, 2.75) is 12.0 Å². The number of hydrogen-bond donors (Lipinski definition) is 4. The first-order valence-corrected chi connectivity index (χ1v) is 6.08. The number of aliphatic hydroxyl groups is 3. The molecule has 0 aliphatic heterocycles. The third-order valence-electron chi connectivity index (χ3n) is 2.74. The summed E-state index contributed by atoms with van der Waals surface area (Å²) in [5, 5.41) is 29.5. The van der Waals surface area contributed by atoms with Gasteiger partial charge in [0.15, 0.2) is 11.6 Å². The fourth-order valence-corrected chi connectivity index (χ4v) is 1.44. The van der Waals surface area contributed by atoms with Gasteiger partial charge in [0.1, 0.15) is 5.54 Å². The average molecular weight is 287 g/mol. The quantitative estimate of drug-likeness (QED) is 0.513. The number of nitrogens with one attached hydrogen (secondary N) is 1. The van der Waals surface area contributed by atoms with E-state index in [4.69, 9.17) is 20.1 Å². The van der Waals surface area contributed by atoms with Crippen LogP contribution in [0.25, 0.3) is 0 Å². The Hall–Kier alpha value is -1.70. The lowest BCUT2D eigenvalue weighted by Crippen LogP contribution is -2.57. The van der Waals surface area contributed by atoms with Gasteiger partial charge in [-0.05, 0) is 12.1 Å². The molecule has 1 rings (SSSR count). The van der Waals surface area contributed by atoms with Crippen LogP contribution in [0.2, 0.25) is 0 Å². The SMILES string of the molecule is O=C(CCOc1ccccc1F)NC(CO)(CO)CO. The molecule has 0 bridgehead atoms. The molecule has 0 heterocycles. The second-order valence-electron chi connectivity index (χ2n) is 4.33. The molecule has 0 aliphatic carbocycles. The zero-order valence-corrected chi connectivity index (χ0v) is 10.9. The molecule has 0 fully saturated rings. The van der Waals surface area contributed by atoms with Gasteiger partial charge in [-0.25, -0.2) is 4.39 Å². The van der Waals surface area contributed by atoms with Gasteiger partial charge in [-0.15, -0.1) is 0 Å². The van der Waals surface area contributed by atoms with E-state index in [1.165, 1.54) is 18.2 Å². The van der Waals surface area contributed by atoms with Crippen LogP contribution < -0.4 is 10.1 Å². The predicted octanol–water partition coefficient (Wildman–Crippen LogP) is -0.574. The van der Waals surface area contributed by atoms with Gasteiger partial charge >= 0.3 is 0 Å². The molecule has 0 aromatic heterocycles. The summed E-state index contributed by atoms with van der Waals surface area (Å²) in [6, 6.07) is 5.80. The van der Waals surface area contributed by atoms with Crippen molar-refractivity contribution >= 4 is 5.91 Å². The Kier molecular flexibility index (Phi) is 6.37. The lowest BCUT2D eigenvalue weighted by molar-refractivity contribution is -0.125. The summed E-state index contributed by atoms with van der Waals surface area (Å²) in [6.45, 7) is -1.86. The van der Waals surface area contributed by atoms with E-state index >= 15 is 0 Å². The zero-order chi connectivity index (χ0) is 15.0. The van der Waals surface area contributed by atoms with Crippen molar-refractivity contribution in [2.75, 3.05) is 26.4 Å². The van der Waals surface area contributed by atoms with Gasteiger partial charge in [0, 0.05) is 0 Å². The molecule has 20 heavy (non-hydrogen) atoms. The summed E-state index contributed by atoms with van der Waals surface area (Å²) in [7, 11) is 0. The normalized spacial score (nSPS) is 11.2. The molecule has 0 spiro atoms. The van der Waals surface area contributed by atoms with Crippen LogP contribution in [0.5, 0.6) is 5.75 Å². The maximum atomic E-state index is 13.2.